The fourth-order valence-electron chi connectivity index (χ4n) is 3.68. The first-order valence-electron chi connectivity index (χ1n) is 12.2. The smallest absolute Gasteiger partial charge is 0.303 e. The zero-order valence-corrected chi connectivity index (χ0v) is 18.8. The molecule has 0 aliphatic carbocycles. The molecule has 1 N–H and O–H groups in total. The van der Waals surface area contributed by atoms with Gasteiger partial charge in [-0.25, -0.2) is 0 Å². The zero-order chi connectivity index (χ0) is 21.0. The van der Waals surface area contributed by atoms with Gasteiger partial charge in [0, 0.05) is 6.42 Å². The van der Waals surface area contributed by atoms with Crippen LogP contribution in [-0.4, -0.2) is 17.7 Å². The third kappa shape index (κ3) is 16.0. The SMILES string of the molecule is CCCCCCCCCCCCCCCCOc1ccc(CCCC(=O)O)cc1. The van der Waals surface area contributed by atoms with Crippen LogP contribution in [-0.2, 0) is 11.2 Å². The van der Waals surface area contributed by atoms with Crippen LogP contribution in [0, 0.1) is 0 Å². The first-order valence-corrected chi connectivity index (χ1v) is 12.2. The molecular formula is C26H44O3. The second-order valence-corrected chi connectivity index (χ2v) is 8.34. The fraction of sp³-hybridized carbons (Fsp3) is 0.731. The van der Waals surface area contributed by atoms with Crippen LogP contribution in [0.1, 0.15) is 115 Å². The van der Waals surface area contributed by atoms with Gasteiger partial charge in [-0.1, -0.05) is 103 Å². The third-order valence-corrected chi connectivity index (χ3v) is 5.55. The molecule has 0 amide bonds. The topological polar surface area (TPSA) is 46.5 Å². The number of hydrogen-bond acceptors (Lipinski definition) is 2. The highest BCUT2D eigenvalue weighted by molar-refractivity contribution is 5.66. The maximum Gasteiger partial charge on any atom is 0.303 e. The maximum absolute atomic E-state index is 10.5. The number of aliphatic carboxylic acids is 1. The average Bonchev–Trinajstić information content (AvgIpc) is 2.71. The highest BCUT2D eigenvalue weighted by atomic mass is 16.5. The monoisotopic (exact) mass is 404 g/mol. The zero-order valence-electron chi connectivity index (χ0n) is 18.8. The van der Waals surface area contributed by atoms with E-state index in [0.29, 0.717) is 6.42 Å². The van der Waals surface area contributed by atoms with Gasteiger partial charge in [-0.2, -0.15) is 0 Å². The van der Waals surface area contributed by atoms with Crippen LogP contribution in [0.5, 0.6) is 5.75 Å². The van der Waals surface area contributed by atoms with Crippen molar-refractivity contribution in [2.75, 3.05) is 6.61 Å². The number of unbranched alkanes of at least 4 members (excludes halogenated alkanes) is 13. The summed E-state index contributed by atoms with van der Waals surface area (Å²) in [5.74, 6) is 0.194. The lowest BCUT2D eigenvalue weighted by molar-refractivity contribution is -0.137. The standard InChI is InChI=1S/C26H44O3/c1-2-3-4-5-6-7-8-9-10-11-12-13-14-15-23-29-25-21-19-24(20-22-25)17-16-18-26(27)28/h19-22H,2-18,23H2,1H3,(H,27,28). The molecule has 0 spiro atoms. The van der Waals surface area contributed by atoms with E-state index in [-0.39, 0.29) is 6.42 Å². The summed E-state index contributed by atoms with van der Waals surface area (Å²) in [5, 5.41) is 8.68. The molecule has 0 bridgehead atoms. The second-order valence-electron chi connectivity index (χ2n) is 8.34. The van der Waals surface area contributed by atoms with Gasteiger partial charge in [0.2, 0.25) is 0 Å². The summed E-state index contributed by atoms with van der Waals surface area (Å²) in [6.45, 7) is 3.07. The number of carboxylic acids is 1. The molecule has 0 aliphatic heterocycles. The van der Waals surface area contributed by atoms with Crippen LogP contribution in [0.25, 0.3) is 0 Å². The largest absolute Gasteiger partial charge is 0.494 e. The van der Waals surface area contributed by atoms with Crippen LogP contribution < -0.4 is 4.74 Å². The Balaban J connectivity index is 1.86. The van der Waals surface area contributed by atoms with E-state index in [0.717, 1.165) is 25.2 Å². The predicted octanol–water partition coefficient (Wildman–Crippen LogP) is 7.95. The molecule has 0 fully saturated rings. The fourth-order valence-corrected chi connectivity index (χ4v) is 3.68. The van der Waals surface area contributed by atoms with Gasteiger partial charge in [-0.3, -0.25) is 4.79 Å². The Morgan fingerprint density at radius 3 is 1.69 bits per heavy atom. The van der Waals surface area contributed by atoms with Crippen molar-refractivity contribution < 1.29 is 14.6 Å². The molecule has 1 aromatic rings. The van der Waals surface area contributed by atoms with E-state index < -0.39 is 5.97 Å². The minimum atomic E-state index is -0.724. The van der Waals surface area contributed by atoms with Gasteiger partial charge in [0.25, 0.3) is 0 Å². The molecule has 1 aromatic carbocycles. The summed E-state index contributed by atoms with van der Waals surface area (Å²) >= 11 is 0. The van der Waals surface area contributed by atoms with Crippen molar-refractivity contribution in [3.8, 4) is 5.75 Å². The molecule has 0 heterocycles. The summed E-state index contributed by atoms with van der Waals surface area (Å²) in [6.07, 6.45) is 20.9. The van der Waals surface area contributed by atoms with E-state index in [2.05, 4.69) is 6.92 Å². The van der Waals surface area contributed by atoms with Gasteiger partial charge >= 0.3 is 5.97 Å². The van der Waals surface area contributed by atoms with Crippen molar-refractivity contribution in [3.05, 3.63) is 29.8 Å². The summed E-state index contributed by atoms with van der Waals surface area (Å²) in [6, 6.07) is 8.09. The van der Waals surface area contributed by atoms with Crippen molar-refractivity contribution in [3.63, 3.8) is 0 Å². The van der Waals surface area contributed by atoms with E-state index in [1.165, 1.54) is 89.0 Å². The van der Waals surface area contributed by atoms with Crippen molar-refractivity contribution in [2.45, 2.75) is 116 Å². The Hall–Kier alpha value is -1.51. The van der Waals surface area contributed by atoms with Crippen molar-refractivity contribution in [2.24, 2.45) is 0 Å². The number of rotatable bonds is 20. The number of ether oxygens (including phenoxy) is 1. The maximum atomic E-state index is 10.5. The van der Waals surface area contributed by atoms with Gasteiger partial charge in [0.15, 0.2) is 0 Å². The summed E-state index contributed by atoms with van der Waals surface area (Å²) < 4.78 is 5.82. The highest BCUT2D eigenvalue weighted by Crippen LogP contribution is 2.16. The molecule has 0 aliphatic rings. The summed E-state index contributed by atoms with van der Waals surface area (Å²) in [7, 11) is 0. The first-order chi connectivity index (χ1) is 14.2. The molecule has 0 saturated carbocycles. The Bertz CT molecular complexity index is 495. The van der Waals surface area contributed by atoms with Crippen LogP contribution in [0.2, 0.25) is 0 Å². The van der Waals surface area contributed by atoms with E-state index >= 15 is 0 Å². The summed E-state index contributed by atoms with van der Waals surface area (Å²) in [5.41, 5.74) is 1.18. The molecule has 166 valence electrons. The summed E-state index contributed by atoms with van der Waals surface area (Å²) in [4.78, 5) is 10.5. The quantitative estimate of drug-likeness (QED) is 0.224. The Morgan fingerprint density at radius 2 is 1.21 bits per heavy atom. The van der Waals surface area contributed by atoms with Crippen molar-refractivity contribution in [1.82, 2.24) is 0 Å². The molecule has 0 saturated heterocycles. The predicted molar refractivity (Wildman–Crippen MR) is 123 cm³/mol. The number of carbonyl (C=O) groups is 1. The molecule has 3 heteroatoms. The first kappa shape index (κ1) is 25.5. The van der Waals surface area contributed by atoms with Gasteiger partial charge in [-0.15, -0.1) is 0 Å². The van der Waals surface area contributed by atoms with E-state index in [4.69, 9.17) is 9.84 Å². The van der Waals surface area contributed by atoms with Gasteiger partial charge < -0.3 is 9.84 Å². The van der Waals surface area contributed by atoms with Crippen LogP contribution >= 0.6 is 0 Å². The lowest BCUT2D eigenvalue weighted by Crippen LogP contribution is -1.98. The van der Waals surface area contributed by atoms with Gasteiger partial charge in [0.1, 0.15) is 5.75 Å². The molecule has 0 radical (unpaired) electrons. The lowest BCUT2D eigenvalue weighted by atomic mass is 10.0. The second kappa shape index (κ2) is 18.5. The molecule has 3 nitrogen and oxygen atoms in total. The number of hydrogen-bond donors (Lipinski definition) is 1. The van der Waals surface area contributed by atoms with Crippen LogP contribution in [0.15, 0.2) is 24.3 Å². The van der Waals surface area contributed by atoms with Crippen molar-refractivity contribution in [1.29, 1.82) is 0 Å². The number of benzene rings is 1. The third-order valence-electron chi connectivity index (χ3n) is 5.55. The molecule has 29 heavy (non-hydrogen) atoms. The van der Waals surface area contributed by atoms with Crippen molar-refractivity contribution >= 4 is 5.97 Å². The van der Waals surface area contributed by atoms with E-state index in [1.54, 1.807) is 0 Å². The average molecular weight is 405 g/mol. The van der Waals surface area contributed by atoms with Gasteiger partial charge in [-0.05, 0) is 37.0 Å². The normalized spacial score (nSPS) is 10.9. The van der Waals surface area contributed by atoms with Crippen LogP contribution in [0.4, 0.5) is 0 Å². The Kier molecular flexibility index (Phi) is 16.3. The minimum absolute atomic E-state index is 0.234. The molecule has 0 aromatic heterocycles. The molecule has 0 atom stereocenters. The molecule has 1 rings (SSSR count). The van der Waals surface area contributed by atoms with Crippen LogP contribution in [0.3, 0.4) is 0 Å². The molecule has 0 unspecified atom stereocenters. The minimum Gasteiger partial charge on any atom is -0.494 e. The Morgan fingerprint density at radius 1 is 0.724 bits per heavy atom. The van der Waals surface area contributed by atoms with Gasteiger partial charge in [0.05, 0.1) is 6.61 Å². The number of carboxylic acid groups (broad SMARTS) is 1. The molecular weight excluding hydrogens is 360 g/mol. The highest BCUT2D eigenvalue weighted by Gasteiger charge is 2.00. The van der Waals surface area contributed by atoms with E-state index in [9.17, 15) is 4.79 Å². The van der Waals surface area contributed by atoms with E-state index in [1.807, 2.05) is 24.3 Å². The Labute approximate surface area is 179 Å². The lowest BCUT2D eigenvalue weighted by Gasteiger charge is -2.07. The number of aryl methyl sites for hydroxylation is 1.